The highest BCUT2D eigenvalue weighted by Crippen LogP contribution is 2.33. The topological polar surface area (TPSA) is 29.1 Å². The minimum atomic E-state index is -0.665. The molecule has 1 aliphatic rings. The molecule has 1 atom stereocenters. The van der Waals surface area contributed by atoms with Crippen LogP contribution in [0.3, 0.4) is 0 Å². The van der Waals surface area contributed by atoms with Gasteiger partial charge in [0.15, 0.2) is 0 Å². The third-order valence-corrected chi connectivity index (χ3v) is 4.31. The van der Waals surface area contributed by atoms with Crippen molar-refractivity contribution in [2.24, 2.45) is 0 Å². The van der Waals surface area contributed by atoms with Gasteiger partial charge in [-0.05, 0) is 35.7 Å². The van der Waals surface area contributed by atoms with Crippen molar-refractivity contribution < 1.29 is 9.18 Å². The van der Waals surface area contributed by atoms with Crippen molar-refractivity contribution in [1.82, 2.24) is 5.32 Å². The lowest BCUT2D eigenvalue weighted by Gasteiger charge is -2.19. The lowest BCUT2D eigenvalue weighted by molar-refractivity contribution is 0.0946. The molecular formula is C16H12Cl2FNO. The lowest BCUT2D eigenvalue weighted by atomic mass is 9.95. The zero-order valence-electron chi connectivity index (χ0n) is 11.0. The molecule has 3 rings (SSSR count). The number of carbonyl (C=O) groups is 1. The number of fused-ring (bicyclic) bond motifs is 1. The molecule has 0 spiro atoms. The fraction of sp³-hybridized carbons (Fsp3) is 0.188. The van der Waals surface area contributed by atoms with Crippen LogP contribution < -0.4 is 5.32 Å². The van der Waals surface area contributed by atoms with Crippen LogP contribution in [-0.2, 0) is 6.42 Å². The van der Waals surface area contributed by atoms with Crippen molar-refractivity contribution in [3.63, 3.8) is 0 Å². The number of carbonyl (C=O) groups excluding carboxylic acids is 1. The van der Waals surface area contributed by atoms with E-state index in [4.69, 9.17) is 23.2 Å². The van der Waals surface area contributed by atoms with Gasteiger partial charge in [-0.15, -0.1) is 11.6 Å². The Bertz CT molecular complexity index is 717. The molecule has 0 fully saturated rings. The van der Waals surface area contributed by atoms with E-state index in [0.717, 1.165) is 12.0 Å². The van der Waals surface area contributed by atoms with E-state index in [0.29, 0.717) is 28.3 Å². The summed E-state index contributed by atoms with van der Waals surface area (Å²) in [7, 11) is 0. The summed E-state index contributed by atoms with van der Waals surface area (Å²) in [5.74, 6) is -0.566. The number of hydrogen-bond donors (Lipinski definition) is 1. The summed E-state index contributed by atoms with van der Waals surface area (Å²) < 4.78 is 14.0. The van der Waals surface area contributed by atoms with Crippen LogP contribution in [0.5, 0.6) is 0 Å². The van der Waals surface area contributed by atoms with Crippen LogP contribution in [0.1, 0.15) is 32.4 Å². The SMILES string of the molecule is O=C1NCCc2ccc(C(Cl)c3ccc(Cl)cc3F)cc21. The zero-order valence-corrected chi connectivity index (χ0v) is 12.5. The second kappa shape index (κ2) is 5.66. The lowest BCUT2D eigenvalue weighted by Crippen LogP contribution is -2.31. The summed E-state index contributed by atoms with van der Waals surface area (Å²) >= 11 is 12.1. The summed E-state index contributed by atoms with van der Waals surface area (Å²) in [6.45, 7) is 0.640. The average Bonchev–Trinajstić information content (AvgIpc) is 2.47. The van der Waals surface area contributed by atoms with Crippen LogP contribution in [-0.4, -0.2) is 12.5 Å². The molecular weight excluding hydrogens is 312 g/mol. The molecule has 0 aliphatic carbocycles. The summed E-state index contributed by atoms with van der Waals surface area (Å²) in [6, 6.07) is 9.85. The summed E-state index contributed by atoms with van der Waals surface area (Å²) in [6.07, 6.45) is 0.795. The van der Waals surface area contributed by atoms with Crippen LogP contribution in [0.2, 0.25) is 5.02 Å². The van der Waals surface area contributed by atoms with Crippen LogP contribution >= 0.6 is 23.2 Å². The third-order valence-electron chi connectivity index (χ3n) is 3.59. The van der Waals surface area contributed by atoms with Gasteiger partial charge in [0, 0.05) is 22.7 Å². The van der Waals surface area contributed by atoms with Gasteiger partial charge >= 0.3 is 0 Å². The Morgan fingerprint density at radius 1 is 1.19 bits per heavy atom. The molecule has 5 heteroatoms. The Labute approximate surface area is 131 Å². The molecule has 0 saturated carbocycles. The fourth-order valence-electron chi connectivity index (χ4n) is 2.47. The monoisotopic (exact) mass is 323 g/mol. The molecule has 1 N–H and O–H groups in total. The minimum Gasteiger partial charge on any atom is -0.352 e. The Hall–Kier alpha value is -1.58. The Morgan fingerprint density at radius 2 is 2.00 bits per heavy atom. The van der Waals surface area contributed by atoms with Gasteiger partial charge in [0.05, 0.1) is 5.38 Å². The predicted molar refractivity (Wildman–Crippen MR) is 81.6 cm³/mol. The molecule has 2 nitrogen and oxygen atoms in total. The highest BCUT2D eigenvalue weighted by atomic mass is 35.5. The van der Waals surface area contributed by atoms with E-state index >= 15 is 0 Å². The Morgan fingerprint density at radius 3 is 2.76 bits per heavy atom. The van der Waals surface area contributed by atoms with Gasteiger partial charge < -0.3 is 5.32 Å². The molecule has 0 radical (unpaired) electrons. The van der Waals surface area contributed by atoms with Gasteiger partial charge in [-0.1, -0.05) is 29.8 Å². The number of rotatable bonds is 2. The van der Waals surface area contributed by atoms with Gasteiger partial charge in [-0.25, -0.2) is 4.39 Å². The molecule has 1 unspecified atom stereocenters. The largest absolute Gasteiger partial charge is 0.352 e. The van der Waals surface area contributed by atoms with E-state index in [2.05, 4.69) is 5.32 Å². The van der Waals surface area contributed by atoms with Crippen LogP contribution in [0, 0.1) is 5.82 Å². The van der Waals surface area contributed by atoms with E-state index < -0.39 is 11.2 Å². The Balaban J connectivity index is 2.00. The van der Waals surface area contributed by atoms with E-state index in [1.54, 1.807) is 18.2 Å². The molecule has 0 bridgehead atoms. The molecule has 1 aliphatic heterocycles. The standard InChI is InChI=1S/C16H12Cl2FNO/c17-11-3-4-12(14(19)8-11)15(18)10-2-1-9-5-6-20-16(21)13(9)7-10/h1-4,7-8,15H,5-6H2,(H,20,21). The highest BCUT2D eigenvalue weighted by molar-refractivity contribution is 6.30. The average molecular weight is 324 g/mol. The summed E-state index contributed by atoms with van der Waals surface area (Å²) in [5.41, 5.74) is 2.63. The van der Waals surface area contributed by atoms with Crippen molar-refractivity contribution in [2.45, 2.75) is 11.8 Å². The Kier molecular flexibility index (Phi) is 3.87. The van der Waals surface area contributed by atoms with Crippen molar-refractivity contribution in [2.75, 3.05) is 6.54 Å². The van der Waals surface area contributed by atoms with E-state index in [1.807, 2.05) is 12.1 Å². The smallest absolute Gasteiger partial charge is 0.251 e. The first-order valence-corrected chi connectivity index (χ1v) is 7.38. The molecule has 108 valence electrons. The first-order valence-electron chi connectivity index (χ1n) is 6.56. The molecule has 1 heterocycles. The number of alkyl halides is 1. The molecule has 0 saturated heterocycles. The van der Waals surface area contributed by atoms with Crippen molar-refractivity contribution in [3.05, 3.63) is 69.5 Å². The van der Waals surface area contributed by atoms with Crippen LogP contribution in [0.15, 0.2) is 36.4 Å². The number of hydrogen-bond acceptors (Lipinski definition) is 1. The molecule has 1 amide bonds. The van der Waals surface area contributed by atoms with Gasteiger partial charge in [-0.2, -0.15) is 0 Å². The maximum atomic E-state index is 14.0. The van der Waals surface area contributed by atoms with Crippen LogP contribution in [0.4, 0.5) is 4.39 Å². The number of nitrogens with one attached hydrogen (secondary N) is 1. The van der Waals surface area contributed by atoms with Gasteiger partial charge in [0.25, 0.3) is 5.91 Å². The quantitative estimate of drug-likeness (QED) is 0.828. The predicted octanol–water partition coefficient (Wildman–Crippen LogP) is 4.09. The number of halogens is 3. The first-order chi connectivity index (χ1) is 10.1. The maximum Gasteiger partial charge on any atom is 0.251 e. The van der Waals surface area contributed by atoms with Crippen molar-refractivity contribution in [3.8, 4) is 0 Å². The highest BCUT2D eigenvalue weighted by Gasteiger charge is 2.21. The summed E-state index contributed by atoms with van der Waals surface area (Å²) in [4.78, 5) is 11.9. The molecule has 2 aromatic rings. The van der Waals surface area contributed by atoms with Crippen LogP contribution in [0.25, 0.3) is 0 Å². The second-order valence-corrected chi connectivity index (χ2v) is 5.82. The van der Waals surface area contributed by atoms with E-state index in [-0.39, 0.29) is 5.91 Å². The minimum absolute atomic E-state index is 0.112. The fourth-order valence-corrected chi connectivity index (χ4v) is 2.95. The number of amides is 1. The van der Waals surface area contributed by atoms with Gasteiger partial charge in [0.1, 0.15) is 5.82 Å². The zero-order chi connectivity index (χ0) is 15.0. The molecule has 21 heavy (non-hydrogen) atoms. The van der Waals surface area contributed by atoms with E-state index in [9.17, 15) is 9.18 Å². The van der Waals surface area contributed by atoms with Crippen molar-refractivity contribution in [1.29, 1.82) is 0 Å². The van der Waals surface area contributed by atoms with E-state index in [1.165, 1.54) is 6.07 Å². The second-order valence-electron chi connectivity index (χ2n) is 4.95. The molecule has 0 aromatic heterocycles. The number of benzene rings is 2. The van der Waals surface area contributed by atoms with Crippen molar-refractivity contribution >= 4 is 29.1 Å². The first kappa shape index (κ1) is 14.4. The van der Waals surface area contributed by atoms with Gasteiger partial charge in [-0.3, -0.25) is 4.79 Å². The maximum absolute atomic E-state index is 14.0. The normalized spacial score (nSPS) is 15.3. The molecule has 2 aromatic carbocycles. The third kappa shape index (κ3) is 2.76. The van der Waals surface area contributed by atoms with Gasteiger partial charge in [0.2, 0.25) is 0 Å². The summed E-state index contributed by atoms with van der Waals surface area (Å²) in [5, 5.41) is 2.45.